The molecule has 0 radical (unpaired) electrons. The number of ketones is 1. The number of fused-ring (bicyclic) bond motifs is 1. The number of para-hydroxylation sites is 1. The Hall–Kier alpha value is -1.09. The van der Waals surface area contributed by atoms with E-state index in [2.05, 4.69) is 39.6 Å². The van der Waals surface area contributed by atoms with Crippen molar-refractivity contribution in [3.8, 4) is 0 Å². The van der Waals surface area contributed by atoms with E-state index in [9.17, 15) is 4.79 Å². The Morgan fingerprint density at radius 3 is 2.82 bits per heavy atom. The van der Waals surface area contributed by atoms with E-state index in [-0.39, 0.29) is 0 Å². The zero-order chi connectivity index (χ0) is 12.0. The Bertz CT molecular complexity index is 596. The van der Waals surface area contributed by atoms with Gasteiger partial charge in [0.1, 0.15) is 0 Å². The average Bonchev–Trinajstić information content (AvgIpc) is 3.15. The largest absolute Gasteiger partial charge is 0.336 e. The molecular formula is C14H14BrNO. The van der Waals surface area contributed by atoms with E-state index in [4.69, 9.17) is 0 Å². The fourth-order valence-electron chi connectivity index (χ4n) is 2.28. The second kappa shape index (κ2) is 3.98. The highest BCUT2D eigenvalue weighted by Crippen LogP contribution is 2.33. The van der Waals surface area contributed by atoms with Crippen molar-refractivity contribution in [3.63, 3.8) is 0 Å². The molecule has 1 aliphatic rings. The number of halogens is 1. The van der Waals surface area contributed by atoms with Gasteiger partial charge in [-0.1, -0.05) is 18.2 Å². The van der Waals surface area contributed by atoms with Crippen LogP contribution < -0.4 is 0 Å². The number of rotatable bonds is 3. The molecule has 1 saturated carbocycles. The second-order valence-electron chi connectivity index (χ2n) is 4.74. The van der Waals surface area contributed by atoms with Crippen molar-refractivity contribution in [1.82, 2.24) is 4.57 Å². The smallest absolute Gasteiger partial charge is 0.155 e. The number of hydrogen-bond donors (Lipinski definition) is 0. The summed E-state index contributed by atoms with van der Waals surface area (Å²) in [5, 5.41) is 1.19. The summed E-state index contributed by atoms with van der Waals surface area (Å²) in [6.45, 7) is 2.58. The summed E-state index contributed by atoms with van der Waals surface area (Å²) in [6.07, 6.45) is 2.16. The molecule has 0 amide bonds. The maximum Gasteiger partial charge on any atom is 0.155 e. The Kier molecular flexibility index (Phi) is 2.58. The molecule has 0 spiro atoms. The van der Waals surface area contributed by atoms with E-state index in [1.807, 2.05) is 12.1 Å². The van der Waals surface area contributed by atoms with Gasteiger partial charge in [0.2, 0.25) is 0 Å². The summed E-state index contributed by atoms with van der Waals surface area (Å²) < 4.78 is 3.23. The molecule has 0 N–H and O–H groups in total. The molecule has 1 aromatic heterocycles. The Morgan fingerprint density at radius 2 is 2.12 bits per heavy atom. The van der Waals surface area contributed by atoms with Crippen molar-refractivity contribution < 1.29 is 4.79 Å². The van der Waals surface area contributed by atoms with Gasteiger partial charge in [0.15, 0.2) is 5.78 Å². The van der Waals surface area contributed by atoms with E-state index in [1.54, 1.807) is 0 Å². The van der Waals surface area contributed by atoms with Gasteiger partial charge in [0, 0.05) is 27.0 Å². The number of carbonyl (C=O) groups excluding carboxylic acids is 1. The highest BCUT2D eigenvalue weighted by atomic mass is 79.9. The van der Waals surface area contributed by atoms with Gasteiger partial charge in [-0.2, -0.15) is 0 Å². The summed E-state index contributed by atoms with van der Waals surface area (Å²) in [5.41, 5.74) is 2.28. The number of aromatic nitrogens is 1. The fraction of sp³-hybridized carbons (Fsp3) is 0.357. The van der Waals surface area contributed by atoms with Crippen molar-refractivity contribution in [2.24, 2.45) is 5.92 Å². The van der Waals surface area contributed by atoms with Crippen molar-refractivity contribution in [2.75, 3.05) is 0 Å². The van der Waals surface area contributed by atoms with Gasteiger partial charge in [-0.15, -0.1) is 0 Å². The highest BCUT2D eigenvalue weighted by Gasteiger charge is 2.30. The molecule has 1 heterocycles. The van der Waals surface area contributed by atoms with Gasteiger partial charge < -0.3 is 4.57 Å². The van der Waals surface area contributed by atoms with Crippen LogP contribution in [0, 0.1) is 12.8 Å². The Labute approximate surface area is 109 Å². The first-order valence-electron chi connectivity index (χ1n) is 5.94. The van der Waals surface area contributed by atoms with Gasteiger partial charge in [0.05, 0.1) is 6.54 Å². The maximum absolute atomic E-state index is 11.9. The van der Waals surface area contributed by atoms with E-state index < -0.39 is 0 Å². The minimum absolute atomic E-state index is 0.328. The summed E-state index contributed by atoms with van der Waals surface area (Å²) in [5.74, 6) is 0.704. The van der Waals surface area contributed by atoms with Crippen molar-refractivity contribution in [2.45, 2.75) is 26.3 Å². The summed E-state index contributed by atoms with van der Waals surface area (Å²) in [6, 6.07) is 8.21. The molecule has 0 saturated heterocycles. The second-order valence-corrected chi connectivity index (χ2v) is 5.54. The molecule has 3 rings (SSSR count). The third-order valence-corrected chi connectivity index (χ3v) is 4.50. The molecule has 0 unspecified atom stereocenters. The van der Waals surface area contributed by atoms with E-state index in [0.717, 1.165) is 28.5 Å². The van der Waals surface area contributed by atoms with Gasteiger partial charge >= 0.3 is 0 Å². The quantitative estimate of drug-likeness (QED) is 0.845. The van der Waals surface area contributed by atoms with E-state index >= 15 is 0 Å². The number of nitrogens with zero attached hydrogens (tertiary/aromatic N) is 1. The van der Waals surface area contributed by atoms with E-state index in [1.165, 1.54) is 5.39 Å². The predicted molar refractivity (Wildman–Crippen MR) is 72.1 cm³/mol. The van der Waals surface area contributed by atoms with Gasteiger partial charge in [-0.25, -0.2) is 0 Å². The van der Waals surface area contributed by atoms with Gasteiger partial charge in [-0.05, 0) is 41.8 Å². The van der Waals surface area contributed by atoms with Crippen LogP contribution in [0.25, 0.3) is 10.9 Å². The average molecular weight is 292 g/mol. The van der Waals surface area contributed by atoms with Gasteiger partial charge in [0.25, 0.3) is 0 Å². The lowest BCUT2D eigenvalue weighted by molar-refractivity contribution is -0.120. The molecule has 0 aliphatic heterocycles. The standard InChI is InChI=1S/C14H14BrNO/c1-9-14(15)11-4-2-3-5-12(11)16(9)8-13(17)10-6-7-10/h2-5,10H,6-8H2,1H3. The first kappa shape index (κ1) is 11.0. The molecule has 1 aliphatic carbocycles. The van der Waals surface area contributed by atoms with Crippen molar-refractivity contribution >= 4 is 32.6 Å². The molecule has 2 nitrogen and oxygen atoms in total. The number of benzene rings is 1. The molecule has 0 atom stereocenters. The van der Waals surface area contributed by atoms with Crippen LogP contribution in [0.15, 0.2) is 28.7 Å². The first-order valence-corrected chi connectivity index (χ1v) is 6.74. The van der Waals surface area contributed by atoms with Crippen LogP contribution in [0.1, 0.15) is 18.5 Å². The Balaban J connectivity index is 2.08. The van der Waals surface area contributed by atoms with Gasteiger partial charge in [-0.3, -0.25) is 4.79 Å². The third kappa shape index (κ3) is 1.82. The van der Waals surface area contributed by atoms with Crippen LogP contribution in [0.4, 0.5) is 0 Å². The lowest BCUT2D eigenvalue weighted by atomic mass is 10.2. The van der Waals surface area contributed by atoms with Crippen LogP contribution in [-0.4, -0.2) is 10.4 Å². The first-order chi connectivity index (χ1) is 8.18. The van der Waals surface area contributed by atoms with Crippen LogP contribution in [-0.2, 0) is 11.3 Å². The monoisotopic (exact) mass is 291 g/mol. The molecule has 88 valence electrons. The molecule has 3 heteroatoms. The zero-order valence-electron chi connectivity index (χ0n) is 9.74. The molecule has 1 aromatic carbocycles. The lowest BCUT2D eigenvalue weighted by Crippen LogP contribution is -2.12. The topological polar surface area (TPSA) is 22.0 Å². The third-order valence-electron chi connectivity index (χ3n) is 3.50. The molecule has 2 aromatic rings. The predicted octanol–water partition coefficient (Wildman–Crippen LogP) is 3.69. The van der Waals surface area contributed by atoms with Crippen LogP contribution in [0.5, 0.6) is 0 Å². The SMILES string of the molecule is Cc1c(Br)c2ccccc2n1CC(=O)C1CC1. The summed E-state index contributed by atoms with van der Waals surface area (Å²) in [4.78, 5) is 11.9. The maximum atomic E-state index is 11.9. The molecule has 1 fully saturated rings. The van der Waals surface area contributed by atoms with Crippen molar-refractivity contribution in [1.29, 1.82) is 0 Å². The fourth-order valence-corrected chi connectivity index (χ4v) is 2.83. The number of Topliss-reactive ketones (excluding diaryl/α,β-unsaturated/α-hetero) is 1. The molecule has 0 bridgehead atoms. The van der Waals surface area contributed by atoms with Crippen molar-refractivity contribution in [3.05, 3.63) is 34.4 Å². The van der Waals surface area contributed by atoms with Crippen LogP contribution in [0.3, 0.4) is 0 Å². The minimum Gasteiger partial charge on any atom is -0.336 e. The highest BCUT2D eigenvalue weighted by molar-refractivity contribution is 9.10. The van der Waals surface area contributed by atoms with Crippen LogP contribution >= 0.6 is 15.9 Å². The van der Waals surface area contributed by atoms with Crippen LogP contribution in [0.2, 0.25) is 0 Å². The summed E-state index contributed by atoms with van der Waals surface area (Å²) >= 11 is 3.61. The Morgan fingerprint density at radius 1 is 1.41 bits per heavy atom. The molecule has 17 heavy (non-hydrogen) atoms. The normalized spacial score (nSPS) is 15.4. The van der Waals surface area contributed by atoms with E-state index in [0.29, 0.717) is 18.2 Å². The minimum atomic E-state index is 0.328. The summed E-state index contributed by atoms with van der Waals surface area (Å²) in [7, 11) is 0. The molecular weight excluding hydrogens is 278 g/mol. The number of hydrogen-bond acceptors (Lipinski definition) is 1. The zero-order valence-corrected chi connectivity index (χ0v) is 11.3. The number of carbonyl (C=O) groups is 1. The lowest BCUT2D eigenvalue weighted by Gasteiger charge is -2.06.